The Morgan fingerprint density at radius 1 is 1.00 bits per heavy atom. The molecule has 2 aromatic rings. The van der Waals surface area contributed by atoms with Gasteiger partial charge in [-0.2, -0.15) is 0 Å². The predicted octanol–water partition coefficient (Wildman–Crippen LogP) is 3.52. The average molecular weight is 272 g/mol. The minimum atomic E-state index is 0.331. The van der Waals surface area contributed by atoms with Crippen molar-refractivity contribution >= 4 is 40.7 Å². The van der Waals surface area contributed by atoms with E-state index in [1.807, 2.05) is 24.3 Å². The number of aromatic nitrogens is 2. The Labute approximate surface area is 107 Å². The van der Waals surface area contributed by atoms with Crippen LogP contribution in [0.1, 0.15) is 0 Å². The molecule has 0 aliphatic rings. The molecule has 1 heterocycles. The van der Waals surface area contributed by atoms with Gasteiger partial charge < -0.3 is 5.73 Å². The van der Waals surface area contributed by atoms with E-state index < -0.39 is 0 Å². The summed E-state index contributed by atoms with van der Waals surface area (Å²) in [6.07, 6.45) is 0. The molecule has 2 N–H and O–H groups in total. The fourth-order valence-corrected chi connectivity index (χ4v) is 2.35. The molecule has 0 fully saturated rings. The first kappa shape index (κ1) is 11.5. The van der Waals surface area contributed by atoms with E-state index >= 15 is 0 Å². The molecule has 82 valence electrons. The zero-order valence-corrected chi connectivity index (χ0v) is 10.4. The van der Waals surface area contributed by atoms with Crippen molar-refractivity contribution in [1.82, 2.24) is 9.97 Å². The summed E-state index contributed by atoms with van der Waals surface area (Å²) >= 11 is 12.9. The van der Waals surface area contributed by atoms with Crippen molar-refractivity contribution < 1.29 is 0 Å². The third-order valence-electron chi connectivity index (χ3n) is 1.73. The van der Waals surface area contributed by atoms with Crippen LogP contribution in [0.4, 0.5) is 5.69 Å². The topological polar surface area (TPSA) is 51.8 Å². The summed E-state index contributed by atoms with van der Waals surface area (Å²) < 4.78 is 0. The van der Waals surface area contributed by atoms with E-state index in [1.165, 1.54) is 17.8 Å². The molecule has 1 aromatic carbocycles. The normalized spacial score (nSPS) is 10.4. The molecule has 0 aliphatic heterocycles. The lowest BCUT2D eigenvalue weighted by Crippen LogP contribution is -1.88. The molecule has 0 amide bonds. The number of nitrogen functional groups attached to an aromatic ring is 1. The fourth-order valence-electron chi connectivity index (χ4n) is 1.06. The lowest BCUT2D eigenvalue weighted by atomic mass is 10.3. The van der Waals surface area contributed by atoms with Crippen LogP contribution in [-0.4, -0.2) is 9.97 Å². The summed E-state index contributed by atoms with van der Waals surface area (Å²) in [6.45, 7) is 0. The predicted molar refractivity (Wildman–Crippen MR) is 67.0 cm³/mol. The first-order valence-electron chi connectivity index (χ1n) is 4.37. The summed E-state index contributed by atoms with van der Waals surface area (Å²) in [5, 5.41) is 1.18. The van der Waals surface area contributed by atoms with Gasteiger partial charge in [0.2, 0.25) is 0 Å². The van der Waals surface area contributed by atoms with Crippen molar-refractivity contribution in [3.63, 3.8) is 0 Å². The van der Waals surface area contributed by atoms with Gasteiger partial charge in [-0.25, -0.2) is 9.97 Å². The molecule has 16 heavy (non-hydrogen) atoms. The van der Waals surface area contributed by atoms with Crippen molar-refractivity contribution in [1.29, 1.82) is 0 Å². The van der Waals surface area contributed by atoms with E-state index in [2.05, 4.69) is 9.97 Å². The summed E-state index contributed by atoms with van der Waals surface area (Å²) in [7, 11) is 0. The van der Waals surface area contributed by atoms with Gasteiger partial charge in [0.05, 0.1) is 0 Å². The minimum absolute atomic E-state index is 0.331. The lowest BCUT2D eigenvalue weighted by molar-refractivity contribution is 0.968. The third-order valence-corrected chi connectivity index (χ3v) is 2.99. The summed E-state index contributed by atoms with van der Waals surface area (Å²) in [5.74, 6) is 0. The number of hydrogen-bond donors (Lipinski definition) is 1. The van der Waals surface area contributed by atoms with Gasteiger partial charge in [-0.3, -0.25) is 0 Å². The molecule has 2 rings (SSSR count). The number of benzene rings is 1. The number of nitrogens with two attached hydrogens (primary N) is 1. The second-order valence-corrected chi connectivity index (χ2v) is 4.78. The van der Waals surface area contributed by atoms with Crippen LogP contribution in [0.3, 0.4) is 0 Å². The molecular weight excluding hydrogens is 265 g/mol. The third kappa shape index (κ3) is 3.01. The monoisotopic (exact) mass is 271 g/mol. The number of anilines is 1. The molecule has 0 unspecified atom stereocenters. The molecule has 6 heteroatoms. The van der Waals surface area contributed by atoms with Crippen LogP contribution in [0, 0.1) is 0 Å². The van der Waals surface area contributed by atoms with Crippen LogP contribution in [-0.2, 0) is 0 Å². The van der Waals surface area contributed by atoms with Gasteiger partial charge in [0.25, 0.3) is 0 Å². The molecule has 1 aromatic heterocycles. The Morgan fingerprint density at radius 3 is 2.12 bits per heavy atom. The van der Waals surface area contributed by atoms with Gasteiger partial charge in [0.1, 0.15) is 10.3 Å². The highest BCUT2D eigenvalue weighted by Gasteiger charge is 2.03. The van der Waals surface area contributed by atoms with Gasteiger partial charge in [-0.15, -0.1) is 0 Å². The Balaban J connectivity index is 2.23. The fraction of sp³-hybridized carbons (Fsp3) is 0. The highest BCUT2D eigenvalue weighted by Crippen LogP contribution is 2.27. The minimum Gasteiger partial charge on any atom is -0.399 e. The highest BCUT2D eigenvalue weighted by atomic mass is 35.5. The van der Waals surface area contributed by atoms with Crippen molar-refractivity contribution in [2.75, 3.05) is 5.73 Å². The number of rotatable bonds is 2. The second-order valence-electron chi connectivity index (χ2n) is 2.97. The standard InChI is InChI=1S/C10H7Cl2N3S/c11-8-5-9(12)15-10(14-8)16-7-3-1-6(13)2-4-7/h1-5H,13H2. The summed E-state index contributed by atoms with van der Waals surface area (Å²) in [4.78, 5) is 9.09. The van der Waals surface area contributed by atoms with E-state index in [9.17, 15) is 0 Å². The van der Waals surface area contributed by atoms with Crippen molar-refractivity contribution in [3.05, 3.63) is 40.6 Å². The van der Waals surface area contributed by atoms with Gasteiger partial charge >= 0.3 is 0 Å². The second kappa shape index (κ2) is 4.91. The van der Waals surface area contributed by atoms with Crippen LogP contribution < -0.4 is 5.73 Å². The lowest BCUT2D eigenvalue weighted by Gasteiger charge is -2.01. The first-order chi connectivity index (χ1) is 7.63. The zero-order chi connectivity index (χ0) is 11.5. The van der Waals surface area contributed by atoms with Crippen LogP contribution >= 0.6 is 35.0 Å². The molecule has 0 radical (unpaired) electrons. The maximum Gasteiger partial charge on any atom is 0.195 e. The van der Waals surface area contributed by atoms with E-state index in [4.69, 9.17) is 28.9 Å². The number of hydrogen-bond acceptors (Lipinski definition) is 4. The maximum absolute atomic E-state index is 5.77. The number of halogens is 2. The molecule has 0 saturated heterocycles. The quantitative estimate of drug-likeness (QED) is 0.516. The van der Waals surface area contributed by atoms with Crippen LogP contribution in [0.2, 0.25) is 10.3 Å². The maximum atomic E-state index is 5.77. The molecule has 0 spiro atoms. The molecule has 3 nitrogen and oxygen atoms in total. The average Bonchev–Trinajstić information content (AvgIpc) is 2.20. The van der Waals surface area contributed by atoms with Gasteiger partial charge in [0, 0.05) is 16.6 Å². The first-order valence-corrected chi connectivity index (χ1v) is 5.94. The van der Waals surface area contributed by atoms with E-state index in [0.717, 1.165) is 10.6 Å². The van der Waals surface area contributed by atoms with Crippen LogP contribution in [0.25, 0.3) is 0 Å². The molecular formula is C10H7Cl2N3S. The zero-order valence-electron chi connectivity index (χ0n) is 8.02. The van der Waals surface area contributed by atoms with Gasteiger partial charge in [-0.1, -0.05) is 23.2 Å². The molecule has 0 bridgehead atoms. The summed E-state index contributed by atoms with van der Waals surface area (Å²) in [6, 6.07) is 8.90. The highest BCUT2D eigenvalue weighted by molar-refractivity contribution is 7.99. The summed E-state index contributed by atoms with van der Waals surface area (Å²) in [5.41, 5.74) is 6.30. The Bertz CT molecular complexity index is 482. The van der Waals surface area contributed by atoms with Crippen LogP contribution in [0.5, 0.6) is 0 Å². The SMILES string of the molecule is Nc1ccc(Sc2nc(Cl)cc(Cl)n2)cc1. The largest absolute Gasteiger partial charge is 0.399 e. The number of nitrogens with zero attached hydrogens (tertiary/aromatic N) is 2. The molecule has 0 saturated carbocycles. The van der Waals surface area contributed by atoms with Crippen molar-refractivity contribution in [2.24, 2.45) is 0 Å². The van der Waals surface area contributed by atoms with E-state index in [1.54, 1.807) is 0 Å². The molecule has 0 atom stereocenters. The molecule has 0 aliphatic carbocycles. The van der Waals surface area contributed by atoms with E-state index in [0.29, 0.717) is 15.5 Å². The van der Waals surface area contributed by atoms with Gasteiger partial charge in [-0.05, 0) is 36.0 Å². The Hall–Kier alpha value is -0.970. The Morgan fingerprint density at radius 2 is 1.56 bits per heavy atom. The van der Waals surface area contributed by atoms with Gasteiger partial charge in [0.15, 0.2) is 5.16 Å². The Kier molecular flexibility index (Phi) is 3.53. The smallest absolute Gasteiger partial charge is 0.195 e. The van der Waals surface area contributed by atoms with E-state index in [-0.39, 0.29) is 0 Å². The van der Waals surface area contributed by atoms with Crippen molar-refractivity contribution in [3.8, 4) is 0 Å². The van der Waals surface area contributed by atoms with Crippen molar-refractivity contribution in [2.45, 2.75) is 10.1 Å². The van der Waals surface area contributed by atoms with Crippen LogP contribution in [0.15, 0.2) is 40.4 Å².